The minimum absolute atomic E-state index is 0.0763. The molecule has 1 aromatic rings. The Kier molecular flexibility index (Phi) is 5.77. The Hall–Kier alpha value is -1.99. The second-order valence-corrected chi connectivity index (χ2v) is 6.00. The van der Waals surface area contributed by atoms with Crippen molar-refractivity contribution in [3.63, 3.8) is 0 Å². The maximum atomic E-state index is 12.4. The summed E-state index contributed by atoms with van der Waals surface area (Å²) in [6, 6.07) is 5.34. The van der Waals surface area contributed by atoms with Gasteiger partial charge < -0.3 is 29.2 Å². The number of fused-ring (bicyclic) bond motifs is 1. The zero-order valence-corrected chi connectivity index (χ0v) is 14.0. The van der Waals surface area contributed by atoms with Gasteiger partial charge in [0.05, 0.1) is 13.2 Å². The number of piperidine rings is 1. The van der Waals surface area contributed by atoms with E-state index in [0.717, 1.165) is 32.5 Å². The Morgan fingerprint density at radius 1 is 1.25 bits per heavy atom. The molecule has 2 aliphatic rings. The molecule has 2 aliphatic heterocycles. The lowest BCUT2D eigenvalue weighted by Gasteiger charge is -2.31. The van der Waals surface area contributed by atoms with Gasteiger partial charge in [-0.1, -0.05) is 0 Å². The average molecular weight is 336 g/mol. The van der Waals surface area contributed by atoms with Gasteiger partial charge in [-0.25, -0.2) is 4.79 Å². The summed E-state index contributed by atoms with van der Waals surface area (Å²) in [5, 5.41) is 2.92. The lowest BCUT2D eigenvalue weighted by atomic mass is 9.98. The predicted octanol–water partition coefficient (Wildman–Crippen LogP) is 2.32. The molecule has 2 heterocycles. The number of hydrogen-bond acceptors (Lipinski definition) is 5. The first-order valence-corrected chi connectivity index (χ1v) is 8.28. The van der Waals surface area contributed by atoms with Crippen molar-refractivity contribution in [1.29, 1.82) is 0 Å². The molecule has 0 atom stereocenters. The van der Waals surface area contributed by atoms with E-state index in [1.165, 1.54) is 0 Å². The normalized spacial score (nSPS) is 17.1. The summed E-state index contributed by atoms with van der Waals surface area (Å²) in [4.78, 5) is 14.2. The van der Waals surface area contributed by atoms with Crippen molar-refractivity contribution in [2.45, 2.75) is 12.8 Å². The van der Waals surface area contributed by atoms with E-state index in [1.54, 1.807) is 13.2 Å². The van der Waals surface area contributed by atoms with Crippen molar-refractivity contribution in [2.75, 3.05) is 52.1 Å². The van der Waals surface area contributed by atoms with E-state index < -0.39 is 0 Å². The van der Waals surface area contributed by atoms with Crippen LogP contribution in [0.25, 0.3) is 0 Å². The Morgan fingerprint density at radius 3 is 2.83 bits per heavy atom. The second-order valence-electron chi connectivity index (χ2n) is 6.00. The minimum Gasteiger partial charge on any atom is -0.454 e. The van der Waals surface area contributed by atoms with Gasteiger partial charge in [-0.2, -0.15) is 0 Å². The minimum atomic E-state index is -0.0763. The first kappa shape index (κ1) is 16.9. The van der Waals surface area contributed by atoms with Crippen LogP contribution in [0.15, 0.2) is 18.2 Å². The van der Waals surface area contributed by atoms with Gasteiger partial charge in [0.2, 0.25) is 6.79 Å². The Balaban J connectivity index is 1.42. The van der Waals surface area contributed by atoms with Crippen LogP contribution in [-0.2, 0) is 9.47 Å². The van der Waals surface area contributed by atoms with Crippen molar-refractivity contribution in [3.8, 4) is 11.5 Å². The molecule has 0 bridgehead atoms. The molecule has 1 fully saturated rings. The first-order valence-electron chi connectivity index (χ1n) is 8.28. The SMILES string of the molecule is COCCOCC1CCN(C(=O)Nc2ccc3c(c2)OCO3)CC1. The lowest BCUT2D eigenvalue weighted by Crippen LogP contribution is -2.41. The van der Waals surface area contributed by atoms with E-state index in [9.17, 15) is 4.79 Å². The molecular weight excluding hydrogens is 312 g/mol. The topological polar surface area (TPSA) is 69.3 Å². The summed E-state index contributed by atoms with van der Waals surface area (Å²) in [5.41, 5.74) is 0.717. The first-order chi connectivity index (χ1) is 11.8. The third-order valence-corrected chi connectivity index (χ3v) is 4.31. The highest BCUT2D eigenvalue weighted by atomic mass is 16.7. The molecular formula is C17H24N2O5. The zero-order chi connectivity index (χ0) is 16.8. The number of amides is 2. The highest BCUT2D eigenvalue weighted by Crippen LogP contribution is 2.34. The van der Waals surface area contributed by atoms with Gasteiger partial charge in [-0.05, 0) is 30.9 Å². The number of rotatable bonds is 6. The number of carbonyl (C=O) groups is 1. The number of anilines is 1. The molecule has 3 rings (SSSR count). The fraction of sp³-hybridized carbons (Fsp3) is 0.588. The molecule has 1 N–H and O–H groups in total. The molecule has 0 spiro atoms. The van der Waals surface area contributed by atoms with Crippen LogP contribution in [-0.4, -0.2) is 57.7 Å². The predicted molar refractivity (Wildman–Crippen MR) is 88.6 cm³/mol. The van der Waals surface area contributed by atoms with E-state index >= 15 is 0 Å². The number of hydrogen-bond donors (Lipinski definition) is 1. The molecule has 0 unspecified atom stereocenters. The quantitative estimate of drug-likeness (QED) is 0.808. The summed E-state index contributed by atoms with van der Waals surface area (Å²) in [7, 11) is 1.67. The number of likely N-dealkylation sites (tertiary alicyclic amines) is 1. The van der Waals surface area contributed by atoms with Gasteiger partial charge in [0.1, 0.15) is 0 Å². The van der Waals surface area contributed by atoms with Crippen molar-refractivity contribution in [3.05, 3.63) is 18.2 Å². The molecule has 2 amide bonds. The van der Waals surface area contributed by atoms with Gasteiger partial charge in [0, 0.05) is 38.6 Å². The van der Waals surface area contributed by atoms with Gasteiger partial charge in [0.15, 0.2) is 11.5 Å². The van der Waals surface area contributed by atoms with Crippen LogP contribution in [0.5, 0.6) is 11.5 Å². The third kappa shape index (κ3) is 4.30. The van der Waals surface area contributed by atoms with Crippen LogP contribution in [0.4, 0.5) is 10.5 Å². The summed E-state index contributed by atoms with van der Waals surface area (Å²) >= 11 is 0. The number of benzene rings is 1. The van der Waals surface area contributed by atoms with Crippen LogP contribution in [0.1, 0.15) is 12.8 Å². The van der Waals surface area contributed by atoms with E-state index in [4.69, 9.17) is 18.9 Å². The van der Waals surface area contributed by atoms with Crippen molar-refractivity contribution >= 4 is 11.7 Å². The summed E-state index contributed by atoms with van der Waals surface area (Å²) in [5.74, 6) is 1.89. The standard InChI is InChI=1S/C17H24N2O5/c1-21-8-9-22-11-13-4-6-19(7-5-13)17(20)18-14-2-3-15-16(10-14)24-12-23-15/h2-3,10,13H,4-9,11-12H2,1H3,(H,18,20). The summed E-state index contributed by atoms with van der Waals surface area (Å²) < 4.78 is 21.1. The van der Waals surface area contributed by atoms with Crippen LogP contribution in [0.2, 0.25) is 0 Å². The largest absolute Gasteiger partial charge is 0.454 e. The molecule has 0 saturated carbocycles. The molecule has 24 heavy (non-hydrogen) atoms. The smallest absolute Gasteiger partial charge is 0.321 e. The van der Waals surface area contributed by atoms with Crippen LogP contribution >= 0.6 is 0 Å². The number of nitrogens with one attached hydrogen (secondary N) is 1. The van der Waals surface area contributed by atoms with Crippen LogP contribution < -0.4 is 14.8 Å². The van der Waals surface area contributed by atoms with Gasteiger partial charge in [0.25, 0.3) is 0 Å². The zero-order valence-electron chi connectivity index (χ0n) is 14.0. The molecule has 7 heteroatoms. The molecule has 0 aromatic heterocycles. The van der Waals surface area contributed by atoms with E-state index in [0.29, 0.717) is 36.3 Å². The molecule has 0 aliphatic carbocycles. The molecule has 1 aromatic carbocycles. The Labute approximate surface area is 141 Å². The van der Waals surface area contributed by atoms with Crippen LogP contribution in [0.3, 0.4) is 0 Å². The summed E-state index contributed by atoms with van der Waals surface area (Å²) in [6.45, 7) is 3.70. The van der Waals surface area contributed by atoms with Gasteiger partial charge in [-0.15, -0.1) is 0 Å². The van der Waals surface area contributed by atoms with Gasteiger partial charge >= 0.3 is 6.03 Å². The Morgan fingerprint density at radius 2 is 2.04 bits per heavy atom. The molecule has 0 radical (unpaired) electrons. The number of urea groups is 1. The highest BCUT2D eigenvalue weighted by Gasteiger charge is 2.23. The monoisotopic (exact) mass is 336 g/mol. The highest BCUT2D eigenvalue weighted by molar-refractivity contribution is 5.89. The van der Waals surface area contributed by atoms with Crippen LogP contribution in [0, 0.1) is 5.92 Å². The number of carbonyl (C=O) groups excluding carboxylic acids is 1. The molecule has 132 valence electrons. The van der Waals surface area contributed by atoms with Crippen molar-refractivity contribution < 1.29 is 23.7 Å². The van der Waals surface area contributed by atoms with E-state index in [2.05, 4.69) is 5.32 Å². The average Bonchev–Trinajstić information content (AvgIpc) is 3.07. The number of methoxy groups -OCH3 is 1. The lowest BCUT2D eigenvalue weighted by molar-refractivity contribution is 0.0386. The maximum absolute atomic E-state index is 12.4. The molecule has 7 nitrogen and oxygen atoms in total. The number of ether oxygens (including phenoxy) is 4. The third-order valence-electron chi connectivity index (χ3n) is 4.31. The Bertz CT molecular complexity index is 558. The number of nitrogens with zero attached hydrogens (tertiary/aromatic N) is 1. The van der Waals surface area contributed by atoms with Crippen molar-refractivity contribution in [1.82, 2.24) is 4.90 Å². The summed E-state index contributed by atoms with van der Waals surface area (Å²) in [6.07, 6.45) is 1.92. The fourth-order valence-electron chi connectivity index (χ4n) is 2.87. The fourth-order valence-corrected chi connectivity index (χ4v) is 2.87. The van der Waals surface area contributed by atoms with Crippen molar-refractivity contribution in [2.24, 2.45) is 5.92 Å². The van der Waals surface area contributed by atoms with E-state index in [-0.39, 0.29) is 12.8 Å². The second kappa shape index (κ2) is 8.21. The van der Waals surface area contributed by atoms with E-state index in [1.807, 2.05) is 17.0 Å². The van der Waals surface area contributed by atoms with Gasteiger partial charge in [-0.3, -0.25) is 0 Å². The maximum Gasteiger partial charge on any atom is 0.321 e. The molecule has 1 saturated heterocycles.